The van der Waals surface area contributed by atoms with E-state index in [9.17, 15) is 8.42 Å². The Bertz CT molecular complexity index is 585. The van der Waals surface area contributed by atoms with Gasteiger partial charge < -0.3 is 5.32 Å². The highest BCUT2D eigenvalue weighted by molar-refractivity contribution is 7.89. The second-order valence-corrected chi connectivity index (χ2v) is 7.85. The number of sulfonamides is 1. The molecule has 1 aliphatic carbocycles. The lowest BCUT2D eigenvalue weighted by molar-refractivity contribution is 0.492. The largest absolute Gasteiger partial charge is 0.313 e. The Morgan fingerprint density at radius 1 is 1.38 bits per heavy atom. The standard InChI is InChI=1S/C15H23ClN2O2S/c1-3-17-10-12-4-7-14(16)15(8-12)21(19,20)18-9-11(2)13-5-6-13/h4,7-8,11,13,17-18H,3,5-6,9-10H2,1-2H3. The van der Waals surface area contributed by atoms with Crippen molar-refractivity contribution in [1.29, 1.82) is 0 Å². The van der Waals surface area contributed by atoms with Crippen LogP contribution in [0.15, 0.2) is 23.1 Å². The highest BCUT2D eigenvalue weighted by atomic mass is 35.5. The first kappa shape index (κ1) is 16.7. The number of halogens is 1. The first-order valence-electron chi connectivity index (χ1n) is 7.43. The molecule has 0 aliphatic heterocycles. The third-order valence-electron chi connectivity index (χ3n) is 3.89. The van der Waals surface area contributed by atoms with Crippen LogP contribution in [0.3, 0.4) is 0 Å². The zero-order valence-electron chi connectivity index (χ0n) is 12.5. The zero-order valence-corrected chi connectivity index (χ0v) is 14.1. The molecular weight excluding hydrogens is 308 g/mol. The Labute approximate surface area is 132 Å². The van der Waals surface area contributed by atoms with E-state index in [0.717, 1.165) is 12.1 Å². The van der Waals surface area contributed by atoms with E-state index in [1.165, 1.54) is 12.8 Å². The summed E-state index contributed by atoms with van der Waals surface area (Å²) in [7, 11) is -3.55. The minimum Gasteiger partial charge on any atom is -0.313 e. The summed E-state index contributed by atoms with van der Waals surface area (Å²) in [4.78, 5) is 0.169. The SMILES string of the molecule is CCNCc1ccc(Cl)c(S(=O)(=O)NCC(C)C2CC2)c1. The molecule has 0 heterocycles. The highest BCUT2D eigenvalue weighted by Gasteiger charge is 2.29. The second-order valence-electron chi connectivity index (χ2n) is 5.71. The van der Waals surface area contributed by atoms with Crippen molar-refractivity contribution in [2.24, 2.45) is 11.8 Å². The number of hydrogen-bond donors (Lipinski definition) is 2. The normalized spacial score (nSPS) is 16.9. The van der Waals surface area contributed by atoms with Crippen LogP contribution in [0.25, 0.3) is 0 Å². The van der Waals surface area contributed by atoms with Gasteiger partial charge in [0.25, 0.3) is 0 Å². The molecule has 1 aliphatic rings. The molecule has 2 N–H and O–H groups in total. The maximum atomic E-state index is 12.4. The Kier molecular flexibility index (Phi) is 5.66. The Morgan fingerprint density at radius 2 is 2.10 bits per heavy atom. The fourth-order valence-corrected chi connectivity index (χ4v) is 3.98. The molecule has 6 heteroatoms. The summed E-state index contributed by atoms with van der Waals surface area (Å²) in [5.41, 5.74) is 0.914. The highest BCUT2D eigenvalue weighted by Crippen LogP contribution is 2.36. The lowest BCUT2D eigenvalue weighted by Gasteiger charge is -2.13. The fourth-order valence-electron chi connectivity index (χ4n) is 2.28. The second kappa shape index (κ2) is 7.09. The van der Waals surface area contributed by atoms with Gasteiger partial charge in [0.05, 0.1) is 5.02 Å². The predicted molar refractivity (Wildman–Crippen MR) is 85.9 cm³/mol. The third kappa shape index (κ3) is 4.68. The minimum absolute atomic E-state index is 0.169. The monoisotopic (exact) mass is 330 g/mol. The van der Waals surface area contributed by atoms with E-state index in [4.69, 9.17) is 11.6 Å². The van der Waals surface area contributed by atoms with Crippen LogP contribution in [0.4, 0.5) is 0 Å². The predicted octanol–water partition coefficient (Wildman–Crippen LogP) is 2.77. The van der Waals surface area contributed by atoms with Gasteiger partial charge in [0.1, 0.15) is 4.90 Å². The van der Waals surface area contributed by atoms with Crippen molar-refractivity contribution in [2.45, 2.75) is 38.1 Å². The molecule has 1 fully saturated rings. The van der Waals surface area contributed by atoms with Gasteiger partial charge in [-0.05, 0) is 48.9 Å². The van der Waals surface area contributed by atoms with Crippen LogP contribution in [0.2, 0.25) is 5.02 Å². The molecule has 1 aromatic rings. The van der Waals surface area contributed by atoms with E-state index in [-0.39, 0.29) is 9.92 Å². The van der Waals surface area contributed by atoms with Crippen molar-refractivity contribution < 1.29 is 8.42 Å². The van der Waals surface area contributed by atoms with Crippen LogP contribution < -0.4 is 10.0 Å². The van der Waals surface area contributed by atoms with Gasteiger partial charge >= 0.3 is 0 Å². The molecule has 0 radical (unpaired) electrons. The van der Waals surface area contributed by atoms with Gasteiger partial charge in [0.2, 0.25) is 10.0 Å². The molecule has 1 aromatic carbocycles. The summed E-state index contributed by atoms with van der Waals surface area (Å²) >= 11 is 6.07. The number of benzene rings is 1. The third-order valence-corrected chi connectivity index (χ3v) is 5.79. The van der Waals surface area contributed by atoms with Gasteiger partial charge in [0, 0.05) is 13.1 Å². The first-order valence-corrected chi connectivity index (χ1v) is 9.29. The number of rotatable bonds is 8. The van der Waals surface area contributed by atoms with Gasteiger partial charge in [-0.15, -0.1) is 0 Å². The van der Waals surface area contributed by atoms with Gasteiger partial charge in [-0.2, -0.15) is 0 Å². The van der Waals surface area contributed by atoms with Gasteiger partial charge in [-0.25, -0.2) is 13.1 Å². The van der Waals surface area contributed by atoms with Crippen LogP contribution in [-0.4, -0.2) is 21.5 Å². The van der Waals surface area contributed by atoms with E-state index < -0.39 is 10.0 Å². The molecule has 21 heavy (non-hydrogen) atoms. The van der Waals surface area contributed by atoms with Crippen LogP contribution in [0.5, 0.6) is 0 Å². The Hall–Kier alpha value is -0.620. The molecule has 2 rings (SSSR count). The maximum absolute atomic E-state index is 12.4. The van der Waals surface area contributed by atoms with Crippen molar-refractivity contribution in [2.75, 3.05) is 13.1 Å². The molecule has 0 spiro atoms. The summed E-state index contributed by atoms with van der Waals surface area (Å²) in [6, 6.07) is 5.14. The van der Waals surface area contributed by atoms with E-state index in [0.29, 0.717) is 24.9 Å². The maximum Gasteiger partial charge on any atom is 0.242 e. The topological polar surface area (TPSA) is 58.2 Å². The van der Waals surface area contributed by atoms with Crippen molar-refractivity contribution in [3.63, 3.8) is 0 Å². The fraction of sp³-hybridized carbons (Fsp3) is 0.600. The lowest BCUT2D eigenvalue weighted by Crippen LogP contribution is -2.29. The molecular formula is C15H23ClN2O2S. The van der Waals surface area contributed by atoms with Crippen LogP contribution in [0.1, 0.15) is 32.3 Å². The number of nitrogens with one attached hydrogen (secondary N) is 2. The van der Waals surface area contributed by atoms with Crippen molar-refractivity contribution >= 4 is 21.6 Å². The molecule has 1 unspecified atom stereocenters. The smallest absolute Gasteiger partial charge is 0.242 e. The van der Waals surface area contributed by atoms with E-state index in [1.54, 1.807) is 12.1 Å². The summed E-state index contributed by atoms with van der Waals surface area (Å²) in [6.07, 6.45) is 2.42. The van der Waals surface area contributed by atoms with Crippen molar-refractivity contribution in [1.82, 2.24) is 10.0 Å². The molecule has 0 amide bonds. The Balaban J connectivity index is 2.09. The Morgan fingerprint density at radius 3 is 2.71 bits per heavy atom. The van der Waals surface area contributed by atoms with Crippen LogP contribution >= 0.6 is 11.6 Å². The number of hydrogen-bond acceptors (Lipinski definition) is 3. The zero-order chi connectivity index (χ0) is 15.5. The molecule has 1 saturated carbocycles. The molecule has 4 nitrogen and oxygen atoms in total. The van der Waals surface area contributed by atoms with Gasteiger partial charge in [-0.3, -0.25) is 0 Å². The average molecular weight is 331 g/mol. The van der Waals surface area contributed by atoms with E-state index in [2.05, 4.69) is 17.0 Å². The summed E-state index contributed by atoms with van der Waals surface area (Å²) in [6.45, 7) is 6.04. The van der Waals surface area contributed by atoms with Gasteiger partial charge in [-0.1, -0.05) is 31.5 Å². The molecule has 1 atom stereocenters. The lowest BCUT2D eigenvalue weighted by atomic mass is 10.1. The summed E-state index contributed by atoms with van der Waals surface area (Å²) < 4.78 is 27.5. The van der Waals surface area contributed by atoms with E-state index >= 15 is 0 Å². The van der Waals surface area contributed by atoms with E-state index in [1.807, 2.05) is 13.0 Å². The van der Waals surface area contributed by atoms with Gasteiger partial charge in [0.15, 0.2) is 0 Å². The quantitative estimate of drug-likeness (QED) is 0.770. The van der Waals surface area contributed by atoms with Crippen LogP contribution in [0, 0.1) is 11.8 Å². The minimum atomic E-state index is -3.55. The summed E-state index contributed by atoms with van der Waals surface area (Å²) in [5, 5.41) is 3.44. The van der Waals surface area contributed by atoms with Crippen molar-refractivity contribution in [3.8, 4) is 0 Å². The average Bonchev–Trinajstić information content (AvgIpc) is 3.28. The molecule has 118 valence electrons. The first-order chi connectivity index (χ1) is 9.94. The molecule has 0 aromatic heterocycles. The molecule has 0 bridgehead atoms. The van der Waals surface area contributed by atoms with Crippen molar-refractivity contribution in [3.05, 3.63) is 28.8 Å². The summed E-state index contributed by atoms with van der Waals surface area (Å²) in [5.74, 6) is 1.05. The van der Waals surface area contributed by atoms with Crippen LogP contribution in [-0.2, 0) is 16.6 Å². The molecule has 0 saturated heterocycles.